The van der Waals surface area contributed by atoms with Crippen LogP contribution in [0, 0.1) is 10.1 Å². The standard InChI is InChI=1S/C12H14N2O7/c1-21-10-7(3-2-4-9(10)14(19)20)11(16)13-8(5-6-15)12(17)18/h2-4,8,15H,5-6H2,1H3,(H,13,16)(H,17,18). The number of carbonyl (C=O) groups is 2. The van der Waals surface area contributed by atoms with Gasteiger partial charge in [0.2, 0.25) is 5.75 Å². The Morgan fingerprint density at radius 1 is 1.48 bits per heavy atom. The first kappa shape index (κ1) is 16.4. The van der Waals surface area contributed by atoms with Gasteiger partial charge in [0, 0.05) is 19.1 Å². The fourth-order valence-electron chi connectivity index (χ4n) is 1.68. The molecule has 9 nitrogen and oxygen atoms in total. The molecule has 1 unspecified atom stereocenters. The Hall–Kier alpha value is -2.68. The van der Waals surface area contributed by atoms with E-state index >= 15 is 0 Å². The van der Waals surface area contributed by atoms with E-state index in [0.717, 1.165) is 6.07 Å². The third kappa shape index (κ3) is 3.89. The molecular weight excluding hydrogens is 284 g/mol. The molecule has 0 radical (unpaired) electrons. The molecule has 0 saturated carbocycles. The van der Waals surface area contributed by atoms with Crippen LogP contribution in [0.15, 0.2) is 18.2 Å². The van der Waals surface area contributed by atoms with E-state index in [4.69, 9.17) is 14.9 Å². The number of nitro benzene ring substituents is 1. The molecule has 1 aromatic carbocycles. The van der Waals surface area contributed by atoms with Gasteiger partial charge in [-0.15, -0.1) is 0 Å². The summed E-state index contributed by atoms with van der Waals surface area (Å²) >= 11 is 0. The van der Waals surface area contributed by atoms with Crippen molar-refractivity contribution in [3.8, 4) is 5.75 Å². The molecule has 0 bridgehead atoms. The summed E-state index contributed by atoms with van der Waals surface area (Å²) in [5, 5.41) is 30.7. The molecule has 0 spiro atoms. The van der Waals surface area contributed by atoms with E-state index in [1.807, 2.05) is 0 Å². The fourth-order valence-corrected chi connectivity index (χ4v) is 1.68. The number of carboxylic acids is 1. The minimum absolute atomic E-state index is 0.157. The van der Waals surface area contributed by atoms with Crippen molar-refractivity contribution < 1.29 is 29.5 Å². The number of nitro groups is 1. The number of benzene rings is 1. The van der Waals surface area contributed by atoms with Gasteiger partial charge < -0.3 is 20.3 Å². The maximum absolute atomic E-state index is 12.0. The van der Waals surface area contributed by atoms with Crippen molar-refractivity contribution in [3.63, 3.8) is 0 Å². The summed E-state index contributed by atoms with van der Waals surface area (Å²) in [5.41, 5.74) is -0.560. The lowest BCUT2D eigenvalue weighted by molar-refractivity contribution is -0.385. The van der Waals surface area contributed by atoms with Crippen molar-refractivity contribution in [1.29, 1.82) is 0 Å². The van der Waals surface area contributed by atoms with Gasteiger partial charge in [-0.2, -0.15) is 0 Å². The third-order valence-corrected chi connectivity index (χ3v) is 2.66. The van der Waals surface area contributed by atoms with Crippen molar-refractivity contribution in [2.24, 2.45) is 0 Å². The molecule has 1 atom stereocenters. The Balaban J connectivity index is 3.09. The van der Waals surface area contributed by atoms with Gasteiger partial charge in [0.15, 0.2) is 0 Å². The lowest BCUT2D eigenvalue weighted by atomic mass is 10.1. The fraction of sp³-hybridized carbons (Fsp3) is 0.333. The van der Waals surface area contributed by atoms with E-state index in [-0.39, 0.29) is 17.7 Å². The number of aliphatic hydroxyl groups excluding tert-OH is 1. The Morgan fingerprint density at radius 2 is 2.14 bits per heavy atom. The van der Waals surface area contributed by atoms with Gasteiger partial charge in [0.05, 0.1) is 17.6 Å². The second kappa shape index (κ2) is 7.20. The van der Waals surface area contributed by atoms with Gasteiger partial charge in [0.25, 0.3) is 5.91 Å². The average Bonchev–Trinajstić information content (AvgIpc) is 2.45. The number of nitrogens with zero attached hydrogens (tertiary/aromatic N) is 1. The van der Waals surface area contributed by atoms with Crippen LogP contribution in [0.25, 0.3) is 0 Å². The first-order valence-electron chi connectivity index (χ1n) is 5.88. The quantitative estimate of drug-likeness (QED) is 0.481. The summed E-state index contributed by atoms with van der Waals surface area (Å²) < 4.78 is 4.86. The Bertz CT molecular complexity index is 559. The van der Waals surface area contributed by atoms with E-state index in [0.29, 0.717) is 0 Å². The van der Waals surface area contributed by atoms with Crippen molar-refractivity contribution in [2.75, 3.05) is 13.7 Å². The van der Waals surface area contributed by atoms with Crippen LogP contribution in [0.5, 0.6) is 5.75 Å². The summed E-state index contributed by atoms with van der Waals surface area (Å²) in [6, 6.07) is 2.43. The molecule has 3 N–H and O–H groups in total. The second-order valence-electron chi connectivity index (χ2n) is 3.99. The van der Waals surface area contributed by atoms with Gasteiger partial charge in [-0.3, -0.25) is 14.9 Å². The van der Waals surface area contributed by atoms with Gasteiger partial charge in [0.1, 0.15) is 6.04 Å². The predicted molar refractivity (Wildman–Crippen MR) is 70.2 cm³/mol. The molecule has 1 amide bonds. The molecule has 0 aliphatic rings. The molecule has 0 aromatic heterocycles. The zero-order valence-electron chi connectivity index (χ0n) is 11.1. The number of nitrogens with one attached hydrogen (secondary N) is 1. The third-order valence-electron chi connectivity index (χ3n) is 2.66. The first-order chi connectivity index (χ1) is 9.92. The summed E-state index contributed by atoms with van der Waals surface area (Å²) in [6.45, 7) is -0.427. The SMILES string of the molecule is COc1c(C(=O)NC(CCO)C(=O)O)cccc1[N+](=O)[O-]. The number of carbonyl (C=O) groups excluding carboxylic acids is 1. The summed E-state index contributed by atoms with van der Waals surface area (Å²) in [5.74, 6) is -2.41. The van der Waals surface area contributed by atoms with Crippen LogP contribution in [0.2, 0.25) is 0 Å². The van der Waals surface area contributed by atoms with Crippen LogP contribution in [0.4, 0.5) is 5.69 Å². The normalized spacial score (nSPS) is 11.5. The van der Waals surface area contributed by atoms with E-state index in [2.05, 4.69) is 5.32 Å². The largest absolute Gasteiger partial charge is 0.490 e. The summed E-state index contributed by atoms with van der Waals surface area (Å²) in [7, 11) is 1.17. The van der Waals surface area contributed by atoms with Crippen molar-refractivity contribution >= 4 is 17.6 Å². The minimum atomic E-state index is -1.32. The average molecular weight is 298 g/mol. The summed E-state index contributed by atoms with van der Waals surface area (Å²) in [6.07, 6.45) is -0.182. The number of hydrogen-bond donors (Lipinski definition) is 3. The molecule has 0 aliphatic carbocycles. The van der Waals surface area contributed by atoms with Crippen LogP contribution < -0.4 is 10.1 Å². The van der Waals surface area contributed by atoms with Crippen molar-refractivity contribution in [3.05, 3.63) is 33.9 Å². The first-order valence-corrected chi connectivity index (χ1v) is 5.88. The smallest absolute Gasteiger partial charge is 0.326 e. The van der Waals surface area contributed by atoms with Gasteiger partial charge in [-0.1, -0.05) is 6.07 Å². The highest BCUT2D eigenvalue weighted by Crippen LogP contribution is 2.30. The zero-order chi connectivity index (χ0) is 16.0. The lowest BCUT2D eigenvalue weighted by Gasteiger charge is -2.14. The Kier molecular flexibility index (Phi) is 5.61. The monoisotopic (exact) mass is 298 g/mol. The number of carboxylic acid groups (broad SMARTS) is 1. The lowest BCUT2D eigenvalue weighted by Crippen LogP contribution is -2.41. The topological polar surface area (TPSA) is 139 Å². The molecule has 0 saturated heterocycles. The Morgan fingerprint density at radius 3 is 2.62 bits per heavy atom. The van der Waals surface area contributed by atoms with Gasteiger partial charge in [-0.05, 0) is 6.07 Å². The maximum Gasteiger partial charge on any atom is 0.326 e. The molecule has 9 heteroatoms. The van der Waals surface area contributed by atoms with Crippen LogP contribution in [-0.2, 0) is 4.79 Å². The van der Waals surface area contributed by atoms with Gasteiger partial charge in [-0.25, -0.2) is 4.79 Å². The summed E-state index contributed by atoms with van der Waals surface area (Å²) in [4.78, 5) is 33.1. The highest BCUT2D eigenvalue weighted by atomic mass is 16.6. The molecule has 0 heterocycles. The van der Waals surface area contributed by atoms with Crippen LogP contribution in [-0.4, -0.2) is 46.8 Å². The maximum atomic E-state index is 12.0. The second-order valence-corrected chi connectivity index (χ2v) is 3.99. The minimum Gasteiger partial charge on any atom is -0.490 e. The van der Waals surface area contributed by atoms with E-state index in [9.17, 15) is 19.7 Å². The number of ether oxygens (including phenoxy) is 1. The number of methoxy groups -OCH3 is 1. The predicted octanol–water partition coefficient (Wildman–Crippen LogP) is 0.169. The highest BCUT2D eigenvalue weighted by molar-refractivity contribution is 6.00. The van der Waals surface area contributed by atoms with Gasteiger partial charge >= 0.3 is 11.7 Å². The van der Waals surface area contributed by atoms with E-state index in [1.165, 1.54) is 19.2 Å². The van der Waals surface area contributed by atoms with Crippen molar-refractivity contribution in [2.45, 2.75) is 12.5 Å². The number of hydrogen-bond acceptors (Lipinski definition) is 6. The van der Waals surface area contributed by atoms with Crippen LogP contribution >= 0.6 is 0 Å². The number of amides is 1. The van der Waals surface area contributed by atoms with E-state index < -0.39 is 35.1 Å². The molecule has 0 fully saturated rings. The van der Waals surface area contributed by atoms with E-state index in [1.54, 1.807) is 0 Å². The molecule has 0 aliphatic heterocycles. The van der Waals surface area contributed by atoms with Crippen LogP contribution in [0.3, 0.4) is 0 Å². The van der Waals surface area contributed by atoms with Crippen LogP contribution in [0.1, 0.15) is 16.8 Å². The highest BCUT2D eigenvalue weighted by Gasteiger charge is 2.26. The zero-order valence-corrected chi connectivity index (χ0v) is 11.1. The molecule has 114 valence electrons. The van der Waals surface area contributed by atoms with Crippen molar-refractivity contribution in [1.82, 2.24) is 5.32 Å². The molecule has 1 aromatic rings. The molecule has 21 heavy (non-hydrogen) atoms. The Labute approximate surface area is 119 Å². The molecule has 1 rings (SSSR count). The number of aliphatic carboxylic acids is 1. The number of aliphatic hydroxyl groups is 1. The molecular formula is C12H14N2O7. The number of rotatable bonds is 7. The number of para-hydroxylation sites is 1.